The van der Waals surface area contributed by atoms with E-state index in [-0.39, 0.29) is 24.8 Å². The summed E-state index contributed by atoms with van der Waals surface area (Å²) in [6.07, 6.45) is 0. The van der Waals surface area contributed by atoms with Gasteiger partial charge in [0.25, 0.3) is 0 Å². The second-order valence-corrected chi connectivity index (χ2v) is 5.36. The summed E-state index contributed by atoms with van der Waals surface area (Å²) in [5.41, 5.74) is 1.47. The number of anilines is 2. The lowest BCUT2D eigenvalue weighted by molar-refractivity contribution is -0.117. The van der Waals surface area contributed by atoms with Gasteiger partial charge in [-0.1, -0.05) is 11.6 Å². The molecule has 0 fully saturated rings. The summed E-state index contributed by atoms with van der Waals surface area (Å²) in [6.45, 7) is -0.0644. The maximum Gasteiger partial charge on any atom is 0.246 e. The minimum Gasteiger partial charge on any atom is -0.374 e. The van der Waals surface area contributed by atoms with Crippen molar-refractivity contribution in [1.82, 2.24) is 0 Å². The number of hydrogen-bond acceptors (Lipinski definition) is 3. The van der Waals surface area contributed by atoms with Gasteiger partial charge in [0.05, 0.1) is 24.5 Å². The van der Waals surface area contributed by atoms with E-state index in [9.17, 15) is 14.0 Å². The van der Waals surface area contributed by atoms with E-state index in [4.69, 9.17) is 11.6 Å². The van der Waals surface area contributed by atoms with Crippen molar-refractivity contribution in [3.63, 3.8) is 0 Å². The van der Waals surface area contributed by atoms with Gasteiger partial charge in [0.15, 0.2) is 5.78 Å². The van der Waals surface area contributed by atoms with Gasteiger partial charge >= 0.3 is 0 Å². The second-order valence-electron chi connectivity index (χ2n) is 4.92. The minimum atomic E-state index is -0.399. The van der Waals surface area contributed by atoms with Crippen LogP contribution < -0.4 is 10.2 Å². The Bertz CT molecular complexity index is 746. The minimum absolute atomic E-state index is 0.0321. The maximum atomic E-state index is 13.3. The summed E-state index contributed by atoms with van der Waals surface area (Å²) in [7, 11) is 0. The zero-order valence-corrected chi connectivity index (χ0v) is 12.2. The first-order valence-corrected chi connectivity index (χ1v) is 7.05. The Morgan fingerprint density at radius 3 is 2.68 bits per heavy atom. The Labute approximate surface area is 131 Å². The number of nitrogens with zero attached hydrogens (tertiary/aromatic N) is 1. The highest BCUT2D eigenvalue weighted by molar-refractivity contribution is 6.30. The maximum absolute atomic E-state index is 13.3. The van der Waals surface area contributed by atoms with Crippen LogP contribution in [0.25, 0.3) is 0 Å². The average molecular weight is 319 g/mol. The lowest BCUT2D eigenvalue weighted by Gasteiger charge is -2.29. The van der Waals surface area contributed by atoms with Gasteiger partial charge in [-0.2, -0.15) is 0 Å². The number of carbonyl (C=O) groups is 2. The standard InChI is InChI=1S/C16H12ClFN2O2/c17-11-3-1-10(2-4-11)15(21)9-20-14-6-5-12(18)7-13(14)19-8-16(20)22/h1-7,19H,8-9H2. The Morgan fingerprint density at radius 2 is 1.95 bits per heavy atom. The highest BCUT2D eigenvalue weighted by Crippen LogP contribution is 2.30. The normalized spacial score (nSPS) is 13.5. The third-order valence-electron chi connectivity index (χ3n) is 3.45. The third kappa shape index (κ3) is 2.80. The van der Waals surface area contributed by atoms with Crippen LogP contribution >= 0.6 is 11.6 Å². The summed E-state index contributed by atoms with van der Waals surface area (Å²) >= 11 is 5.79. The van der Waals surface area contributed by atoms with Gasteiger partial charge in [0, 0.05) is 10.6 Å². The van der Waals surface area contributed by atoms with Gasteiger partial charge in [0.1, 0.15) is 5.82 Å². The molecule has 1 amide bonds. The van der Waals surface area contributed by atoms with E-state index in [0.29, 0.717) is 22.0 Å². The molecule has 1 aliphatic heterocycles. The zero-order chi connectivity index (χ0) is 15.7. The SMILES string of the molecule is O=C(CN1C(=O)CNc2cc(F)ccc21)c1ccc(Cl)cc1. The molecule has 3 rings (SSSR count). The van der Waals surface area contributed by atoms with E-state index in [1.807, 2.05) is 0 Å². The molecule has 0 aliphatic carbocycles. The summed E-state index contributed by atoms with van der Waals surface area (Å²) in [4.78, 5) is 25.7. The van der Waals surface area contributed by atoms with Gasteiger partial charge in [-0.15, -0.1) is 0 Å². The first kappa shape index (κ1) is 14.5. The molecular weight excluding hydrogens is 307 g/mol. The van der Waals surface area contributed by atoms with Crippen molar-refractivity contribution in [3.05, 3.63) is 58.9 Å². The van der Waals surface area contributed by atoms with E-state index in [2.05, 4.69) is 5.32 Å². The van der Waals surface area contributed by atoms with E-state index in [1.54, 1.807) is 24.3 Å². The predicted octanol–water partition coefficient (Wildman–Crippen LogP) is 3.12. The number of nitrogens with one attached hydrogen (secondary N) is 1. The molecular formula is C16H12ClFN2O2. The van der Waals surface area contributed by atoms with Gasteiger partial charge in [-0.3, -0.25) is 9.59 Å². The first-order valence-electron chi connectivity index (χ1n) is 6.67. The number of fused-ring (bicyclic) bond motifs is 1. The molecule has 2 aromatic rings. The summed E-state index contributed by atoms with van der Waals surface area (Å²) in [5, 5.41) is 3.38. The summed E-state index contributed by atoms with van der Waals surface area (Å²) in [5.74, 6) is -0.840. The molecule has 0 saturated heterocycles. The third-order valence-corrected chi connectivity index (χ3v) is 3.70. The highest BCUT2D eigenvalue weighted by atomic mass is 35.5. The molecule has 0 unspecified atom stereocenters. The van der Waals surface area contributed by atoms with Crippen molar-refractivity contribution < 1.29 is 14.0 Å². The summed E-state index contributed by atoms with van der Waals surface area (Å²) < 4.78 is 13.3. The molecule has 4 nitrogen and oxygen atoms in total. The predicted molar refractivity (Wildman–Crippen MR) is 83.0 cm³/mol. The highest BCUT2D eigenvalue weighted by Gasteiger charge is 2.26. The molecule has 0 bridgehead atoms. The van der Waals surface area contributed by atoms with Crippen LogP contribution in [0.1, 0.15) is 10.4 Å². The van der Waals surface area contributed by atoms with Crippen LogP contribution in [0, 0.1) is 5.82 Å². The molecule has 0 spiro atoms. The van der Waals surface area contributed by atoms with Crippen LogP contribution in [0.3, 0.4) is 0 Å². The van der Waals surface area contributed by atoms with Crippen molar-refractivity contribution in [2.24, 2.45) is 0 Å². The van der Waals surface area contributed by atoms with Gasteiger partial charge in [-0.25, -0.2) is 4.39 Å². The fourth-order valence-corrected chi connectivity index (χ4v) is 2.46. The van der Waals surface area contributed by atoms with Crippen LogP contribution in [-0.4, -0.2) is 24.8 Å². The smallest absolute Gasteiger partial charge is 0.246 e. The van der Waals surface area contributed by atoms with Gasteiger partial charge in [-0.05, 0) is 42.5 Å². The Balaban J connectivity index is 1.87. The first-order chi connectivity index (χ1) is 10.5. The topological polar surface area (TPSA) is 49.4 Å². The van der Waals surface area contributed by atoms with Crippen LogP contribution in [0.15, 0.2) is 42.5 Å². The molecule has 1 heterocycles. The Morgan fingerprint density at radius 1 is 1.23 bits per heavy atom. The molecule has 22 heavy (non-hydrogen) atoms. The number of benzene rings is 2. The fraction of sp³-hybridized carbons (Fsp3) is 0.125. The van der Waals surface area contributed by atoms with Crippen molar-refractivity contribution in [3.8, 4) is 0 Å². The van der Waals surface area contributed by atoms with Crippen LogP contribution in [0.5, 0.6) is 0 Å². The quantitative estimate of drug-likeness (QED) is 0.885. The monoisotopic (exact) mass is 318 g/mol. The molecule has 112 valence electrons. The number of hydrogen-bond donors (Lipinski definition) is 1. The Hall–Kier alpha value is -2.40. The van der Waals surface area contributed by atoms with E-state index < -0.39 is 5.82 Å². The van der Waals surface area contributed by atoms with Crippen molar-refractivity contribution in [1.29, 1.82) is 0 Å². The molecule has 1 N–H and O–H groups in total. The van der Waals surface area contributed by atoms with Crippen LogP contribution in [0.4, 0.5) is 15.8 Å². The fourth-order valence-electron chi connectivity index (χ4n) is 2.33. The van der Waals surface area contributed by atoms with Crippen molar-refractivity contribution in [2.45, 2.75) is 0 Å². The lowest BCUT2D eigenvalue weighted by Crippen LogP contribution is -2.42. The molecule has 0 radical (unpaired) electrons. The number of rotatable bonds is 3. The molecule has 1 aliphatic rings. The summed E-state index contributed by atoms with van der Waals surface area (Å²) in [6, 6.07) is 10.5. The van der Waals surface area contributed by atoms with Crippen LogP contribution in [-0.2, 0) is 4.79 Å². The number of Topliss-reactive ketones (excluding diaryl/α,β-unsaturated/α-hetero) is 1. The lowest BCUT2D eigenvalue weighted by atomic mass is 10.1. The van der Waals surface area contributed by atoms with Gasteiger partial charge in [0.2, 0.25) is 5.91 Å². The van der Waals surface area contributed by atoms with E-state index in [1.165, 1.54) is 23.1 Å². The number of amides is 1. The Kier molecular flexibility index (Phi) is 3.81. The second kappa shape index (κ2) is 5.77. The van der Waals surface area contributed by atoms with Crippen LogP contribution in [0.2, 0.25) is 5.02 Å². The number of halogens is 2. The average Bonchev–Trinajstić information content (AvgIpc) is 2.50. The van der Waals surface area contributed by atoms with E-state index in [0.717, 1.165) is 0 Å². The largest absolute Gasteiger partial charge is 0.374 e. The van der Waals surface area contributed by atoms with Gasteiger partial charge < -0.3 is 10.2 Å². The van der Waals surface area contributed by atoms with E-state index >= 15 is 0 Å². The zero-order valence-electron chi connectivity index (χ0n) is 11.5. The molecule has 0 saturated carbocycles. The molecule has 0 atom stereocenters. The van der Waals surface area contributed by atoms with Crippen molar-refractivity contribution in [2.75, 3.05) is 23.3 Å². The molecule has 6 heteroatoms. The number of carbonyl (C=O) groups excluding carboxylic acids is 2. The number of ketones is 1. The molecule has 2 aromatic carbocycles. The molecule has 0 aromatic heterocycles. The van der Waals surface area contributed by atoms with Crippen molar-refractivity contribution >= 4 is 34.7 Å².